The van der Waals surface area contributed by atoms with Gasteiger partial charge in [0.15, 0.2) is 0 Å². The molecule has 11 heteroatoms. The lowest BCUT2D eigenvalue weighted by Crippen LogP contribution is -2.52. The summed E-state index contributed by atoms with van der Waals surface area (Å²) in [7, 11) is 0. The van der Waals surface area contributed by atoms with Gasteiger partial charge in [-0.1, -0.05) is 26.0 Å². The fourth-order valence-electron chi connectivity index (χ4n) is 3.10. The summed E-state index contributed by atoms with van der Waals surface area (Å²) in [6.07, 6.45) is -0.675. The van der Waals surface area contributed by atoms with Crippen LogP contribution < -0.4 is 21.7 Å². The van der Waals surface area contributed by atoms with Crippen molar-refractivity contribution >= 4 is 29.6 Å². The fraction of sp³-hybridized carbons (Fsp3) is 0.600. The second-order valence-electron chi connectivity index (χ2n) is 10.3. The highest BCUT2D eigenvalue weighted by Crippen LogP contribution is 2.17. The highest BCUT2D eigenvalue weighted by Gasteiger charge is 2.29. The summed E-state index contributed by atoms with van der Waals surface area (Å²) in [5.74, 6) is -1.47. The molecule has 0 saturated carbocycles. The Labute approximate surface area is 212 Å². The van der Waals surface area contributed by atoms with Gasteiger partial charge < -0.3 is 36.3 Å². The van der Waals surface area contributed by atoms with E-state index in [0.717, 1.165) is 0 Å². The van der Waals surface area contributed by atoms with Crippen LogP contribution in [0.15, 0.2) is 24.3 Å². The molecule has 11 nitrogen and oxygen atoms in total. The molecular weight excluding hydrogens is 468 g/mol. The molecule has 1 rings (SSSR count). The van der Waals surface area contributed by atoms with E-state index in [1.54, 1.807) is 52.0 Å². The van der Waals surface area contributed by atoms with Crippen LogP contribution >= 0.6 is 0 Å². The minimum Gasteiger partial charge on any atom is -0.450 e. The van der Waals surface area contributed by atoms with Gasteiger partial charge in [-0.3, -0.25) is 14.4 Å². The molecule has 1 aromatic rings. The van der Waals surface area contributed by atoms with Crippen LogP contribution in [0.1, 0.15) is 59.9 Å². The van der Waals surface area contributed by atoms with Crippen LogP contribution in [-0.4, -0.2) is 59.3 Å². The van der Waals surface area contributed by atoms with Gasteiger partial charge in [-0.15, -0.1) is 0 Å². The molecule has 0 spiro atoms. The van der Waals surface area contributed by atoms with Crippen molar-refractivity contribution in [2.75, 3.05) is 18.5 Å². The number of rotatable bonds is 14. The van der Waals surface area contributed by atoms with Crippen molar-refractivity contribution in [1.29, 1.82) is 0 Å². The Morgan fingerprint density at radius 3 is 2.17 bits per heavy atom. The quantitative estimate of drug-likeness (QED) is 0.239. The summed E-state index contributed by atoms with van der Waals surface area (Å²) in [6.45, 7) is 11.0. The minimum absolute atomic E-state index is 0.0580. The normalized spacial score (nSPS) is 12.6. The molecule has 0 aromatic heterocycles. The van der Waals surface area contributed by atoms with E-state index in [2.05, 4.69) is 20.7 Å². The van der Waals surface area contributed by atoms with Gasteiger partial charge in [-0.25, -0.2) is 4.79 Å². The van der Waals surface area contributed by atoms with E-state index in [1.807, 2.05) is 13.8 Å². The van der Waals surface area contributed by atoms with Crippen LogP contribution in [0.2, 0.25) is 0 Å². The lowest BCUT2D eigenvalue weighted by atomic mass is 10.00. The summed E-state index contributed by atoms with van der Waals surface area (Å²) in [4.78, 5) is 48.0. The predicted molar refractivity (Wildman–Crippen MR) is 135 cm³/mol. The zero-order valence-electron chi connectivity index (χ0n) is 22.0. The third-order valence-corrected chi connectivity index (χ3v) is 5.11. The number of amides is 3. The van der Waals surface area contributed by atoms with E-state index >= 15 is 0 Å². The third-order valence-electron chi connectivity index (χ3n) is 5.11. The van der Waals surface area contributed by atoms with Crippen LogP contribution in [0.4, 0.5) is 10.5 Å². The van der Waals surface area contributed by atoms with Gasteiger partial charge in [0, 0.05) is 17.8 Å². The van der Waals surface area contributed by atoms with Crippen molar-refractivity contribution in [3.05, 3.63) is 29.8 Å². The van der Waals surface area contributed by atoms with E-state index in [4.69, 9.17) is 15.6 Å². The Bertz CT molecular complexity index is 893. The van der Waals surface area contributed by atoms with Crippen LogP contribution in [0.3, 0.4) is 0 Å². The van der Waals surface area contributed by atoms with E-state index in [-0.39, 0.29) is 36.9 Å². The Morgan fingerprint density at radius 1 is 1.03 bits per heavy atom. The highest BCUT2D eigenvalue weighted by atomic mass is 16.7. The predicted octanol–water partition coefficient (Wildman–Crippen LogP) is 2.39. The average Bonchev–Trinajstić information content (AvgIpc) is 2.73. The molecule has 0 aliphatic rings. The molecule has 1 aromatic carbocycles. The molecule has 1 unspecified atom stereocenters. The zero-order chi connectivity index (χ0) is 27.5. The van der Waals surface area contributed by atoms with Crippen LogP contribution in [0, 0.1) is 5.92 Å². The Morgan fingerprint density at radius 2 is 1.64 bits per heavy atom. The molecule has 0 aliphatic heterocycles. The molecular formula is C25H40N4O7. The largest absolute Gasteiger partial charge is 0.506 e. The van der Waals surface area contributed by atoms with E-state index in [1.165, 1.54) is 0 Å². The van der Waals surface area contributed by atoms with Crippen molar-refractivity contribution in [2.45, 2.75) is 78.2 Å². The highest BCUT2D eigenvalue weighted by molar-refractivity contribution is 5.96. The maximum absolute atomic E-state index is 12.7. The number of carbonyl (C=O) groups excluding carboxylic acids is 3. The summed E-state index contributed by atoms with van der Waals surface area (Å²) >= 11 is 0. The Kier molecular flexibility index (Phi) is 11.8. The zero-order valence-corrected chi connectivity index (χ0v) is 22.0. The van der Waals surface area contributed by atoms with Gasteiger partial charge in [0.05, 0.1) is 18.6 Å². The number of ether oxygens (including phenoxy) is 2. The Balaban J connectivity index is 2.54. The monoisotopic (exact) mass is 508 g/mol. The molecule has 0 heterocycles. The second-order valence-corrected chi connectivity index (χ2v) is 10.3. The molecule has 3 amide bonds. The lowest BCUT2D eigenvalue weighted by molar-refractivity contribution is -0.134. The first-order valence-corrected chi connectivity index (χ1v) is 11.8. The minimum atomic E-state index is -1.37. The SMILES string of the molecule is CC(C)C(NC(=O)CC(C)(C)OCCC(C)(C)N)C(=O)NCC(=O)Nc1ccc(COC(=O)O)cc1. The van der Waals surface area contributed by atoms with Crippen molar-refractivity contribution in [1.82, 2.24) is 10.6 Å². The fourth-order valence-corrected chi connectivity index (χ4v) is 3.10. The molecule has 0 saturated heterocycles. The number of nitrogens with one attached hydrogen (secondary N) is 3. The number of nitrogens with two attached hydrogens (primary N) is 1. The Hall–Kier alpha value is -3.18. The summed E-state index contributed by atoms with van der Waals surface area (Å²) in [6, 6.07) is 5.59. The molecule has 0 radical (unpaired) electrons. The van der Waals surface area contributed by atoms with Gasteiger partial charge in [0.2, 0.25) is 17.7 Å². The standard InChI is InChI=1S/C25H40N4O7/c1-16(2)21(29-19(30)13-25(5,6)36-12-11-24(3,4)26)22(32)27-14-20(31)28-18-9-7-17(8-10-18)15-35-23(33)34/h7-10,16,21H,11-15,26H2,1-6H3,(H,27,32)(H,28,31)(H,29,30)(H,33,34). The first kappa shape index (κ1) is 30.9. The van der Waals surface area contributed by atoms with Gasteiger partial charge >= 0.3 is 6.16 Å². The number of carboxylic acid groups (broad SMARTS) is 1. The van der Waals surface area contributed by atoms with Crippen LogP contribution in [0.5, 0.6) is 0 Å². The lowest BCUT2D eigenvalue weighted by Gasteiger charge is -2.28. The third kappa shape index (κ3) is 13.1. The van der Waals surface area contributed by atoms with Crippen LogP contribution in [-0.2, 0) is 30.5 Å². The number of hydrogen-bond acceptors (Lipinski definition) is 7. The maximum Gasteiger partial charge on any atom is 0.506 e. The summed E-state index contributed by atoms with van der Waals surface area (Å²) in [5, 5.41) is 16.5. The molecule has 0 bridgehead atoms. The van der Waals surface area contributed by atoms with Crippen molar-refractivity contribution in [3.8, 4) is 0 Å². The summed E-state index contributed by atoms with van der Waals surface area (Å²) in [5.41, 5.74) is 5.96. The number of benzene rings is 1. The first-order chi connectivity index (χ1) is 16.6. The van der Waals surface area contributed by atoms with E-state index in [0.29, 0.717) is 24.3 Å². The van der Waals surface area contributed by atoms with Crippen LogP contribution in [0.25, 0.3) is 0 Å². The van der Waals surface area contributed by atoms with Crippen molar-refractivity contribution in [3.63, 3.8) is 0 Å². The number of carbonyl (C=O) groups is 4. The molecule has 1 atom stereocenters. The maximum atomic E-state index is 12.7. The van der Waals surface area contributed by atoms with Gasteiger partial charge in [0.25, 0.3) is 0 Å². The van der Waals surface area contributed by atoms with E-state index in [9.17, 15) is 19.2 Å². The molecule has 202 valence electrons. The smallest absolute Gasteiger partial charge is 0.450 e. The van der Waals surface area contributed by atoms with Crippen molar-refractivity contribution < 1.29 is 33.8 Å². The van der Waals surface area contributed by atoms with Gasteiger partial charge in [-0.2, -0.15) is 0 Å². The molecule has 6 N–H and O–H groups in total. The molecule has 0 aliphatic carbocycles. The average molecular weight is 509 g/mol. The summed E-state index contributed by atoms with van der Waals surface area (Å²) < 4.78 is 10.3. The second kappa shape index (κ2) is 13.8. The van der Waals surface area contributed by atoms with Crippen molar-refractivity contribution in [2.24, 2.45) is 11.7 Å². The van der Waals surface area contributed by atoms with E-state index < -0.39 is 29.6 Å². The molecule has 0 fully saturated rings. The number of hydrogen-bond donors (Lipinski definition) is 5. The first-order valence-electron chi connectivity index (χ1n) is 11.8. The topological polar surface area (TPSA) is 169 Å². The van der Waals surface area contributed by atoms with Gasteiger partial charge in [-0.05, 0) is 57.7 Å². The number of anilines is 1. The molecule has 36 heavy (non-hydrogen) atoms. The van der Waals surface area contributed by atoms with Gasteiger partial charge in [0.1, 0.15) is 12.6 Å².